The van der Waals surface area contributed by atoms with Crippen LogP contribution in [0.5, 0.6) is 0 Å². The third-order valence-corrected chi connectivity index (χ3v) is 5.57. The molecule has 168 valence electrons. The number of nitrogens with zero attached hydrogens (tertiary/aromatic N) is 4. The minimum atomic E-state index is -0.862. The first-order chi connectivity index (χ1) is 14.6. The summed E-state index contributed by atoms with van der Waals surface area (Å²) in [5.74, 6) is -0.623. The molecule has 31 heavy (non-hydrogen) atoms. The van der Waals surface area contributed by atoms with Gasteiger partial charge in [-0.1, -0.05) is 56.3 Å². The Hall–Kier alpha value is -2.78. The smallest absolute Gasteiger partial charge is 0.248 e. The summed E-state index contributed by atoms with van der Waals surface area (Å²) in [5.41, 5.74) is 0.787. The molecule has 0 bridgehead atoms. The zero-order chi connectivity index (χ0) is 22.8. The van der Waals surface area contributed by atoms with E-state index in [1.807, 2.05) is 51.1 Å². The molecule has 4 atom stereocenters. The Morgan fingerprint density at radius 1 is 1.26 bits per heavy atom. The van der Waals surface area contributed by atoms with Gasteiger partial charge in [-0.25, -0.2) is 4.68 Å². The van der Waals surface area contributed by atoms with Crippen molar-refractivity contribution in [2.24, 2.45) is 5.41 Å². The SMILES string of the molecule is CNC(=O)C1CC(O)CN1C(=O)C(n1cc(C(O)Cc2ccccc2)nn1)C(C)(C)C. The van der Waals surface area contributed by atoms with E-state index in [2.05, 4.69) is 15.6 Å². The van der Waals surface area contributed by atoms with Gasteiger partial charge in [0.15, 0.2) is 0 Å². The molecule has 3 N–H and O–H groups in total. The maximum atomic E-state index is 13.5. The monoisotopic (exact) mass is 429 g/mol. The van der Waals surface area contributed by atoms with Crippen molar-refractivity contribution in [3.05, 3.63) is 47.8 Å². The molecule has 1 aliphatic rings. The highest BCUT2D eigenvalue weighted by Crippen LogP contribution is 2.34. The van der Waals surface area contributed by atoms with E-state index in [-0.39, 0.29) is 24.8 Å². The molecule has 2 heterocycles. The fourth-order valence-corrected chi connectivity index (χ4v) is 4.02. The molecular formula is C22H31N5O4. The molecule has 0 saturated carbocycles. The number of rotatable bonds is 6. The Morgan fingerprint density at radius 3 is 2.55 bits per heavy atom. The summed E-state index contributed by atoms with van der Waals surface area (Å²) in [6, 6.07) is 8.08. The maximum absolute atomic E-state index is 13.5. The summed E-state index contributed by atoms with van der Waals surface area (Å²) in [6.45, 7) is 5.79. The number of likely N-dealkylation sites (N-methyl/N-ethyl adjacent to an activating group) is 1. The number of aliphatic hydroxyl groups excluding tert-OH is 2. The van der Waals surface area contributed by atoms with Gasteiger partial charge in [-0.2, -0.15) is 0 Å². The second kappa shape index (κ2) is 9.15. The summed E-state index contributed by atoms with van der Waals surface area (Å²) in [7, 11) is 1.51. The lowest BCUT2D eigenvalue weighted by Gasteiger charge is -2.34. The van der Waals surface area contributed by atoms with Crippen molar-refractivity contribution < 1.29 is 19.8 Å². The number of β-amino-alcohol motifs (C(OH)–C–C–N with tert-alkyl or cyclic N) is 1. The number of likely N-dealkylation sites (tertiary alicyclic amines) is 1. The number of aliphatic hydroxyl groups is 2. The Balaban J connectivity index is 1.85. The molecule has 0 aliphatic carbocycles. The minimum Gasteiger partial charge on any atom is -0.391 e. The summed E-state index contributed by atoms with van der Waals surface area (Å²) < 4.78 is 1.46. The molecule has 1 saturated heterocycles. The van der Waals surface area contributed by atoms with E-state index < -0.39 is 29.7 Å². The van der Waals surface area contributed by atoms with Crippen molar-refractivity contribution in [3.8, 4) is 0 Å². The second-order valence-corrected chi connectivity index (χ2v) is 9.11. The van der Waals surface area contributed by atoms with Gasteiger partial charge >= 0.3 is 0 Å². The van der Waals surface area contributed by atoms with E-state index >= 15 is 0 Å². The Kier molecular flexibility index (Phi) is 6.76. The van der Waals surface area contributed by atoms with Crippen LogP contribution in [-0.2, 0) is 16.0 Å². The average molecular weight is 430 g/mol. The number of hydrogen-bond donors (Lipinski definition) is 3. The highest BCUT2D eigenvalue weighted by atomic mass is 16.3. The maximum Gasteiger partial charge on any atom is 0.248 e. The number of aromatic nitrogens is 3. The van der Waals surface area contributed by atoms with Gasteiger partial charge in [-0.3, -0.25) is 9.59 Å². The minimum absolute atomic E-state index is 0.0850. The summed E-state index contributed by atoms with van der Waals surface area (Å²) in [6.07, 6.45) is 0.541. The molecular weight excluding hydrogens is 398 g/mol. The van der Waals surface area contributed by atoms with Crippen molar-refractivity contribution >= 4 is 11.8 Å². The van der Waals surface area contributed by atoms with E-state index in [1.54, 1.807) is 6.20 Å². The largest absolute Gasteiger partial charge is 0.391 e. The lowest BCUT2D eigenvalue weighted by Crippen LogP contribution is -2.49. The highest BCUT2D eigenvalue weighted by Gasteiger charge is 2.45. The summed E-state index contributed by atoms with van der Waals surface area (Å²) >= 11 is 0. The fraction of sp³-hybridized carbons (Fsp3) is 0.545. The fourth-order valence-electron chi connectivity index (χ4n) is 4.02. The molecule has 9 nitrogen and oxygen atoms in total. The molecule has 3 rings (SSSR count). The Labute approximate surface area is 182 Å². The first-order valence-corrected chi connectivity index (χ1v) is 10.5. The zero-order valence-corrected chi connectivity index (χ0v) is 18.4. The quantitative estimate of drug-likeness (QED) is 0.626. The predicted octanol–water partition coefficient (Wildman–Crippen LogP) is 0.849. The van der Waals surface area contributed by atoms with E-state index in [0.717, 1.165) is 5.56 Å². The third kappa shape index (κ3) is 5.11. The number of carbonyl (C=O) groups is 2. The standard InChI is InChI=1S/C22H31N5O4/c1-22(2,3)19(21(31)26-12-15(28)11-17(26)20(30)23-4)27-13-16(24-25-27)18(29)10-14-8-6-5-7-9-14/h5-9,13,15,17-19,28-29H,10-12H2,1-4H3,(H,23,30). The number of hydrogen-bond acceptors (Lipinski definition) is 6. The van der Waals surface area contributed by atoms with Gasteiger partial charge in [0.25, 0.3) is 0 Å². The number of nitrogens with one attached hydrogen (secondary N) is 1. The molecule has 1 aromatic carbocycles. The molecule has 0 spiro atoms. The van der Waals surface area contributed by atoms with Crippen molar-refractivity contribution in [2.45, 2.75) is 57.9 Å². The van der Waals surface area contributed by atoms with E-state index in [9.17, 15) is 19.8 Å². The Bertz CT molecular complexity index is 908. The van der Waals surface area contributed by atoms with Gasteiger partial charge in [0.05, 0.1) is 12.3 Å². The van der Waals surface area contributed by atoms with E-state index in [0.29, 0.717) is 12.1 Å². The second-order valence-electron chi connectivity index (χ2n) is 9.11. The molecule has 1 aliphatic heterocycles. The van der Waals surface area contributed by atoms with Crippen LogP contribution < -0.4 is 5.32 Å². The molecule has 1 aromatic heterocycles. The summed E-state index contributed by atoms with van der Waals surface area (Å²) in [4.78, 5) is 27.2. The van der Waals surface area contributed by atoms with Gasteiger partial charge < -0.3 is 20.4 Å². The van der Waals surface area contributed by atoms with Crippen LogP contribution in [0.1, 0.15) is 50.6 Å². The summed E-state index contributed by atoms with van der Waals surface area (Å²) in [5, 5.41) is 31.5. The van der Waals surface area contributed by atoms with Crippen molar-refractivity contribution in [2.75, 3.05) is 13.6 Å². The highest BCUT2D eigenvalue weighted by molar-refractivity contribution is 5.90. The van der Waals surface area contributed by atoms with Gasteiger partial charge in [0.1, 0.15) is 23.9 Å². The van der Waals surface area contributed by atoms with Crippen LogP contribution in [-0.4, -0.2) is 67.7 Å². The lowest BCUT2D eigenvalue weighted by molar-refractivity contribution is -0.144. The van der Waals surface area contributed by atoms with E-state index in [1.165, 1.54) is 16.6 Å². The van der Waals surface area contributed by atoms with Crippen molar-refractivity contribution in [3.63, 3.8) is 0 Å². The Morgan fingerprint density at radius 2 is 1.94 bits per heavy atom. The van der Waals surface area contributed by atoms with Gasteiger partial charge in [-0.15, -0.1) is 5.10 Å². The van der Waals surface area contributed by atoms with Crippen LogP contribution in [0.15, 0.2) is 36.5 Å². The molecule has 1 fully saturated rings. The van der Waals surface area contributed by atoms with Gasteiger partial charge in [-0.05, 0) is 11.0 Å². The molecule has 2 aromatic rings. The third-order valence-electron chi connectivity index (χ3n) is 5.57. The normalized spacial score (nSPS) is 21.0. The molecule has 9 heteroatoms. The number of amides is 2. The average Bonchev–Trinajstić information content (AvgIpc) is 3.34. The number of benzene rings is 1. The van der Waals surface area contributed by atoms with Crippen LogP contribution in [0.3, 0.4) is 0 Å². The van der Waals surface area contributed by atoms with Crippen LogP contribution in [0, 0.1) is 5.41 Å². The van der Waals surface area contributed by atoms with Crippen molar-refractivity contribution in [1.82, 2.24) is 25.2 Å². The topological polar surface area (TPSA) is 121 Å². The first kappa shape index (κ1) is 22.9. The lowest BCUT2D eigenvalue weighted by atomic mass is 9.85. The molecule has 2 amide bonds. The van der Waals surface area contributed by atoms with Gasteiger partial charge in [0.2, 0.25) is 11.8 Å². The van der Waals surface area contributed by atoms with Crippen LogP contribution in [0.2, 0.25) is 0 Å². The zero-order valence-electron chi connectivity index (χ0n) is 18.4. The molecule has 0 radical (unpaired) electrons. The van der Waals surface area contributed by atoms with Crippen LogP contribution >= 0.6 is 0 Å². The first-order valence-electron chi connectivity index (χ1n) is 10.5. The van der Waals surface area contributed by atoms with Crippen LogP contribution in [0.25, 0.3) is 0 Å². The van der Waals surface area contributed by atoms with E-state index in [4.69, 9.17) is 0 Å². The number of carbonyl (C=O) groups excluding carboxylic acids is 2. The van der Waals surface area contributed by atoms with Gasteiger partial charge in [0, 0.05) is 26.4 Å². The predicted molar refractivity (Wildman–Crippen MR) is 114 cm³/mol. The van der Waals surface area contributed by atoms with Crippen molar-refractivity contribution in [1.29, 1.82) is 0 Å². The molecule has 4 unspecified atom stereocenters. The van der Waals surface area contributed by atoms with Crippen LogP contribution in [0.4, 0.5) is 0 Å².